The summed E-state index contributed by atoms with van der Waals surface area (Å²) in [5.74, 6) is 1.44. The first-order valence-corrected chi connectivity index (χ1v) is 6.81. The minimum atomic E-state index is -0.166. The smallest absolute Gasteiger partial charge is 0.232 e. The Hall–Kier alpha value is -1.64. The fraction of sp³-hybridized carbons (Fsp3) is 0.400. The molecule has 0 radical (unpaired) electrons. The number of aromatic nitrogens is 2. The molecular formula is C15H22IN5O. The van der Waals surface area contributed by atoms with Gasteiger partial charge >= 0.3 is 0 Å². The molecule has 0 aliphatic carbocycles. The Morgan fingerprint density at radius 2 is 2.09 bits per heavy atom. The van der Waals surface area contributed by atoms with Crippen LogP contribution in [0.5, 0.6) is 0 Å². The Morgan fingerprint density at radius 1 is 1.36 bits per heavy atom. The molecule has 2 rings (SSSR count). The Balaban J connectivity index is 0.00000242. The summed E-state index contributed by atoms with van der Waals surface area (Å²) in [6.07, 6.45) is 0. The van der Waals surface area contributed by atoms with E-state index < -0.39 is 0 Å². The van der Waals surface area contributed by atoms with E-state index in [9.17, 15) is 0 Å². The molecular weight excluding hydrogens is 393 g/mol. The van der Waals surface area contributed by atoms with Crippen LogP contribution in [0, 0.1) is 6.92 Å². The fourth-order valence-corrected chi connectivity index (χ4v) is 1.69. The summed E-state index contributed by atoms with van der Waals surface area (Å²) in [5, 5.41) is 6.93. The summed E-state index contributed by atoms with van der Waals surface area (Å²) < 4.78 is 5.20. The highest BCUT2D eigenvalue weighted by Gasteiger charge is 2.21. The molecule has 0 saturated heterocycles. The molecule has 6 nitrogen and oxygen atoms in total. The molecule has 0 aliphatic rings. The van der Waals surface area contributed by atoms with Gasteiger partial charge in [0.25, 0.3) is 0 Å². The van der Waals surface area contributed by atoms with Crippen molar-refractivity contribution in [2.24, 2.45) is 10.7 Å². The van der Waals surface area contributed by atoms with Crippen molar-refractivity contribution in [1.82, 2.24) is 10.1 Å². The number of hydrogen-bond acceptors (Lipinski definition) is 4. The first-order valence-electron chi connectivity index (χ1n) is 6.81. The quantitative estimate of drug-likeness (QED) is 0.457. The number of anilines is 1. The van der Waals surface area contributed by atoms with Crippen LogP contribution in [-0.4, -0.2) is 16.1 Å². The summed E-state index contributed by atoms with van der Waals surface area (Å²) >= 11 is 0. The highest BCUT2D eigenvalue weighted by atomic mass is 127. The molecule has 0 atom stereocenters. The molecule has 3 N–H and O–H groups in total. The lowest BCUT2D eigenvalue weighted by molar-refractivity contribution is 0.318. The highest BCUT2D eigenvalue weighted by molar-refractivity contribution is 14.0. The van der Waals surface area contributed by atoms with Gasteiger partial charge < -0.3 is 15.6 Å². The number of halogens is 1. The lowest BCUT2D eigenvalue weighted by Crippen LogP contribution is -2.22. The van der Waals surface area contributed by atoms with Crippen molar-refractivity contribution < 1.29 is 4.52 Å². The molecule has 0 aliphatic heterocycles. The largest absolute Gasteiger partial charge is 0.370 e. The van der Waals surface area contributed by atoms with Crippen molar-refractivity contribution >= 4 is 35.6 Å². The predicted octanol–water partition coefficient (Wildman–Crippen LogP) is 3.22. The molecule has 0 spiro atoms. The van der Waals surface area contributed by atoms with Crippen molar-refractivity contribution in [1.29, 1.82) is 0 Å². The Morgan fingerprint density at radius 3 is 2.68 bits per heavy atom. The maximum absolute atomic E-state index is 5.85. The van der Waals surface area contributed by atoms with Crippen LogP contribution in [0.3, 0.4) is 0 Å². The zero-order valence-corrected chi connectivity index (χ0v) is 15.6. The Bertz CT molecular complexity index is 645. The van der Waals surface area contributed by atoms with Crippen molar-refractivity contribution in [3.63, 3.8) is 0 Å². The monoisotopic (exact) mass is 415 g/mol. The number of rotatable bonds is 3. The van der Waals surface area contributed by atoms with E-state index in [4.69, 9.17) is 10.3 Å². The summed E-state index contributed by atoms with van der Waals surface area (Å²) in [6, 6.07) is 7.90. The van der Waals surface area contributed by atoms with Gasteiger partial charge in [-0.25, -0.2) is 4.99 Å². The number of nitrogens with one attached hydrogen (secondary N) is 1. The number of nitrogens with zero attached hydrogens (tertiary/aromatic N) is 3. The number of aliphatic imine (C=N–C) groups is 1. The lowest BCUT2D eigenvalue weighted by Gasteiger charge is -2.10. The van der Waals surface area contributed by atoms with Crippen LogP contribution in [0.2, 0.25) is 0 Å². The Kier molecular flexibility index (Phi) is 6.34. The number of nitrogens with two attached hydrogens (primary N) is 1. The maximum atomic E-state index is 5.85. The maximum Gasteiger partial charge on any atom is 0.232 e. The number of guanidine groups is 1. The zero-order chi connectivity index (χ0) is 15.5. The SMILES string of the molecule is Cc1cccc(NC(N)=NCc2noc(C(C)(C)C)n2)c1.I. The summed E-state index contributed by atoms with van der Waals surface area (Å²) in [5.41, 5.74) is 7.74. The molecule has 7 heteroatoms. The van der Waals surface area contributed by atoms with Gasteiger partial charge in [0.1, 0.15) is 6.54 Å². The molecule has 0 saturated carbocycles. The molecule has 0 fully saturated rings. The van der Waals surface area contributed by atoms with Crippen LogP contribution in [0.4, 0.5) is 5.69 Å². The zero-order valence-electron chi connectivity index (χ0n) is 13.3. The summed E-state index contributed by atoms with van der Waals surface area (Å²) in [6.45, 7) is 8.35. The number of aryl methyl sites for hydroxylation is 1. The minimum absolute atomic E-state index is 0. The summed E-state index contributed by atoms with van der Waals surface area (Å²) in [4.78, 5) is 8.52. The molecule has 1 aromatic carbocycles. The van der Waals surface area contributed by atoms with E-state index in [1.54, 1.807) is 0 Å². The highest BCUT2D eigenvalue weighted by Crippen LogP contribution is 2.19. The van der Waals surface area contributed by atoms with E-state index in [0.717, 1.165) is 11.3 Å². The molecule has 0 bridgehead atoms. The van der Waals surface area contributed by atoms with E-state index in [1.807, 2.05) is 52.0 Å². The van der Waals surface area contributed by atoms with Gasteiger partial charge in [0, 0.05) is 11.1 Å². The molecule has 120 valence electrons. The van der Waals surface area contributed by atoms with E-state index in [1.165, 1.54) is 0 Å². The average molecular weight is 415 g/mol. The normalized spacial score (nSPS) is 11.9. The van der Waals surface area contributed by atoms with Crippen molar-refractivity contribution in [2.45, 2.75) is 39.7 Å². The number of hydrogen-bond donors (Lipinski definition) is 2. The van der Waals surface area contributed by atoms with Crippen LogP contribution in [0.25, 0.3) is 0 Å². The lowest BCUT2D eigenvalue weighted by atomic mass is 9.97. The second-order valence-electron chi connectivity index (χ2n) is 5.96. The molecule has 1 aromatic heterocycles. The van der Waals surface area contributed by atoms with E-state index in [2.05, 4.69) is 20.4 Å². The second-order valence-corrected chi connectivity index (χ2v) is 5.96. The molecule has 0 amide bonds. The van der Waals surface area contributed by atoms with E-state index in [-0.39, 0.29) is 35.9 Å². The van der Waals surface area contributed by atoms with Gasteiger partial charge in [-0.05, 0) is 24.6 Å². The first-order chi connectivity index (χ1) is 9.84. The van der Waals surface area contributed by atoms with Crippen LogP contribution in [0.15, 0.2) is 33.8 Å². The molecule has 0 unspecified atom stereocenters. The third-order valence-electron chi connectivity index (χ3n) is 2.79. The third-order valence-corrected chi connectivity index (χ3v) is 2.79. The predicted molar refractivity (Wildman–Crippen MR) is 98.5 cm³/mol. The number of benzene rings is 1. The van der Waals surface area contributed by atoms with Gasteiger partial charge in [0.2, 0.25) is 5.89 Å². The summed E-state index contributed by atoms with van der Waals surface area (Å²) in [7, 11) is 0. The van der Waals surface area contributed by atoms with E-state index >= 15 is 0 Å². The second kappa shape index (κ2) is 7.57. The van der Waals surface area contributed by atoms with Crippen LogP contribution >= 0.6 is 24.0 Å². The molecule has 1 heterocycles. The van der Waals surface area contributed by atoms with Gasteiger partial charge in [-0.1, -0.05) is 38.1 Å². The van der Waals surface area contributed by atoms with Crippen molar-refractivity contribution in [3.8, 4) is 0 Å². The van der Waals surface area contributed by atoms with Crippen LogP contribution in [0.1, 0.15) is 38.0 Å². The van der Waals surface area contributed by atoms with Crippen molar-refractivity contribution in [2.75, 3.05) is 5.32 Å². The topological polar surface area (TPSA) is 89.3 Å². The van der Waals surface area contributed by atoms with Gasteiger partial charge in [-0.3, -0.25) is 0 Å². The van der Waals surface area contributed by atoms with Crippen molar-refractivity contribution in [3.05, 3.63) is 41.5 Å². The van der Waals surface area contributed by atoms with Gasteiger partial charge in [0.05, 0.1) is 0 Å². The molecule has 2 aromatic rings. The van der Waals surface area contributed by atoms with Crippen LogP contribution in [-0.2, 0) is 12.0 Å². The minimum Gasteiger partial charge on any atom is -0.370 e. The average Bonchev–Trinajstić information content (AvgIpc) is 2.85. The Labute approximate surface area is 147 Å². The van der Waals surface area contributed by atoms with Gasteiger partial charge in [0.15, 0.2) is 11.8 Å². The van der Waals surface area contributed by atoms with Gasteiger partial charge in [-0.2, -0.15) is 4.98 Å². The first kappa shape index (κ1) is 18.4. The molecule has 22 heavy (non-hydrogen) atoms. The fourth-order valence-electron chi connectivity index (χ4n) is 1.69. The van der Waals surface area contributed by atoms with Crippen LogP contribution < -0.4 is 11.1 Å². The third kappa shape index (κ3) is 5.28. The standard InChI is InChI=1S/C15H21N5O.HI/c1-10-6-5-7-11(8-10)18-14(16)17-9-12-19-13(21-20-12)15(2,3)4;/h5-8H,9H2,1-4H3,(H3,16,17,18);1H. The van der Waals surface area contributed by atoms with E-state index in [0.29, 0.717) is 17.7 Å². The van der Waals surface area contributed by atoms with Gasteiger partial charge in [-0.15, -0.1) is 24.0 Å².